The summed E-state index contributed by atoms with van der Waals surface area (Å²) in [6.45, 7) is 6.11. The zero-order valence-electron chi connectivity index (χ0n) is 19.0. The summed E-state index contributed by atoms with van der Waals surface area (Å²) >= 11 is 0. The molecule has 1 aliphatic carbocycles. The van der Waals surface area contributed by atoms with Gasteiger partial charge in [-0.1, -0.05) is 44.9 Å². The minimum absolute atomic E-state index is 0.0152. The monoisotopic (exact) mass is 467 g/mol. The molecule has 2 aromatic carbocycles. The molecule has 1 aliphatic rings. The van der Waals surface area contributed by atoms with Gasteiger partial charge in [-0.2, -0.15) is 0 Å². The minimum atomic E-state index is -3.92. The maximum absolute atomic E-state index is 13.2. The third-order valence-electron chi connectivity index (χ3n) is 6.82. The average Bonchev–Trinajstić information content (AvgIpc) is 2.78. The SMILES string of the molecule is Cc1ccccc1NS(=O)(=O)c1ccc2[nH]cc(C(=O)N[C@@H]3CCC[C@H](C)[C@@H]3C)c(=O)c2c1. The van der Waals surface area contributed by atoms with Crippen molar-refractivity contribution >= 4 is 32.5 Å². The maximum Gasteiger partial charge on any atom is 0.261 e. The number of nitrogens with one attached hydrogen (secondary N) is 3. The lowest BCUT2D eigenvalue weighted by Crippen LogP contribution is -2.44. The van der Waals surface area contributed by atoms with Crippen LogP contribution in [0.25, 0.3) is 10.9 Å². The largest absolute Gasteiger partial charge is 0.360 e. The normalized spacial score (nSPS) is 21.0. The number of anilines is 1. The van der Waals surface area contributed by atoms with Crippen molar-refractivity contribution in [2.75, 3.05) is 4.72 Å². The van der Waals surface area contributed by atoms with Crippen molar-refractivity contribution in [3.8, 4) is 0 Å². The van der Waals surface area contributed by atoms with Crippen LogP contribution in [0.2, 0.25) is 0 Å². The first kappa shape index (κ1) is 23.0. The lowest BCUT2D eigenvalue weighted by atomic mass is 9.78. The van der Waals surface area contributed by atoms with E-state index in [-0.39, 0.29) is 21.9 Å². The summed E-state index contributed by atoms with van der Waals surface area (Å²) in [7, 11) is -3.92. The molecule has 0 spiro atoms. The van der Waals surface area contributed by atoms with Gasteiger partial charge in [0, 0.05) is 23.1 Å². The summed E-state index contributed by atoms with van der Waals surface area (Å²) < 4.78 is 28.5. The van der Waals surface area contributed by atoms with E-state index in [1.165, 1.54) is 24.4 Å². The molecule has 0 radical (unpaired) electrons. The van der Waals surface area contributed by atoms with Crippen LogP contribution < -0.4 is 15.5 Å². The van der Waals surface area contributed by atoms with Crippen molar-refractivity contribution in [2.24, 2.45) is 11.8 Å². The first-order chi connectivity index (χ1) is 15.7. The number of sulfonamides is 1. The number of rotatable bonds is 5. The molecule has 1 heterocycles. The number of para-hydroxylation sites is 1. The smallest absolute Gasteiger partial charge is 0.261 e. The second kappa shape index (κ2) is 9.02. The molecule has 7 nitrogen and oxygen atoms in total. The Bertz CT molecular complexity index is 1360. The predicted molar refractivity (Wildman–Crippen MR) is 130 cm³/mol. The second-order valence-electron chi connectivity index (χ2n) is 9.01. The molecule has 1 aromatic heterocycles. The van der Waals surface area contributed by atoms with Gasteiger partial charge in [0.05, 0.1) is 10.6 Å². The van der Waals surface area contributed by atoms with Crippen LogP contribution in [0.5, 0.6) is 0 Å². The molecular formula is C25H29N3O4S. The number of aryl methyl sites for hydroxylation is 1. The molecule has 0 saturated heterocycles. The molecule has 4 rings (SSSR count). The molecular weight excluding hydrogens is 438 g/mol. The first-order valence-corrected chi connectivity index (χ1v) is 12.7. The highest BCUT2D eigenvalue weighted by molar-refractivity contribution is 7.92. The van der Waals surface area contributed by atoms with E-state index in [0.717, 1.165) is 24.8 Å². The maximum atomic E-state index is 13.2. The summed E-state index contributed by atoms with van der Waals surface area (Å²) in [4.78, 5) is 29.0. The van der Waals surface area contributed by atoms with E-state index in [2.05, 4.69) is 28.9 Å². The van der Waals surface area contributed by atoms with E-state index >= 15 is 0 Å². The van der Waals surface area contributed by atoms with Crippen LogP contribution in [-0.2, 0) is 10.0 Å². The molecule has 33 heavy (non-hydrogen) atoms. The predicted octanol–water partition coefficient (Wildman–Crippen LogP) is 4.19. The van der Waals surface area contributed by atoms with Crippen LogP contribution in [0.4, 0.5) is 5.69 Å². The zero-order valence-corrected chi connectivity index (χ0v) is 19.8. The molecule has 1 fully saturated rings. The number of aromatic amines is 1. The topological polar surface area (TPSA) is 108 Å². The van der Waals surface area contributed by atoms with Crippen LogP contribution in [0.15, 0.2) is 58.4 Å². The quantitative estimate of drug-likeness (QED) is 0.523. The zero-order chi connectivity index (χ0) is 23.8. The van der Waals surface area contributed by atoms with E-state index in [1.54, 1.807) is 12.1 Å². The molecule has 3 N–H and O–H groups in total. The van der Waals surface area contributed by atoms with Crippen LogP contribution in [0.3, 0.4) is 0 Å². The van der Waals surface area contributed by atoms with Gasteiger partial charge < -0.3 is 10.3 Å². The van der Waals surface area contributed by atoms with Gasteiger partial charge in [0.25, 0.3) is 15.9 Å². The number of amides is 1. The van der Waals surface area contributed by atoms with Gasteiger partial charge in [0.1, 0.15) is 5.56 Å². The van der Waals surface area contributed by atoms with Gasteiger partial charge in [0.15, 0.2) is 0 Å². The average molecular weight is 468 g/mol. The Morgan fingerprint density at radius 2 is 1.85 bits per heavy atom. The molecule has 174 valence electrons. The number of aromatic nitrogens is 1. The fourth-order valence-corrected chi connectivity index (χ4v) is 5.61. The van der Waals surface area contributed by atoms with Crippen LogP contribution in [-0.4, -0.2) is 25.4 Å². The van der Waals surface area contributed by atoms with Crippen LogP contribution >= 0.6 is 0 Å². The Kier molecular flexibility index (Phi) is 6.30. The summed E-state index contributed by atoms with van der Waals surface area (Å²) in [5.74, 6) is 0.398. The molecule has 0 bridgehead atoms. The Labute approximate surface area is 193 Å². The summed E-state index contributed by atoms with van der Waals surface area (Å²) in [5.41, 5.74) is 1.20. The number of carbonyl (C=O) groups excluding carboxylic acids is 1. The Hall–Kier alpha value is -3.13. The highest BCUT2D eigenvalue weighted by Gasteiger charge is 2.29. The molecule has 0 aliphatic heterocycles. The van der Waals surface area contributed by atoms with E-state index in [4.69, 9.17) is 0 Å². The highest BCUT2D eigenvalue weighted by Crippen LogP contribution is 2.29. The number of fused-ring (bicyclic) bond motifs is 1. The lowest BCUT2D eigenvalue weighted by molar-refractivity contribution is 0.0890. The first-order valence-electron chi connectivity index (χ1n) is 11.2. The molecule has 3 aromatic rings. The molecule has 8 heteroatoms. The van der Waals surface area contributed by atoms with Crippen molar-refractivity contribution in [3.05, 3.63) is 70.0 Å². The van der Waals surface area contributed by atoms with Gasteiger partial charge in [0.2, 0.25) is 5.43 Å². The van der Waals surface area contributed by atoms with Crippen molar-refractivity contribution in [1.29, 1.82) is 0 Å². The Morgan fingerprint density at radius 3 is 2.61 bits per heavy atom. The van der Waals surface area contributed by atoms with Gasteiger partial charge in [-0.3, -0.25) is 14.3 Å². The van der Waals surface area contributed by atoms with Crippen molar-refractivity contribution in [3.63, 3.8) is 0 Å². The number of hydrogen-bond donors (Lipinski definition) is 3. The van der Waals surface area contributed by atoms with Gasteiger partial charge in [-0.05, 0) is 55.0 Å². The highest BCUT2D eigenvalue weighted by atomic mass is 32.2. The van der Waals surface area contributed by atoms with E-state index in [0.29, 0.717) is 23.0 Å². The van der Waals surface area contributed by atoms with Crippen molar-refractivity contribution < 1.29 is 13.2 Å². The molecule has 3 atom stereocenters. The van der Waals surface area contributed by atoms with E-state index < -0.39 is 21.4 Å². The van der Waals surface area contributed by atoms with Crippen LogP contribution in [0.1, 0.15) is 49.0 Å². The second-order valence-corrected chi connectivity index (χ2v) is 10.7. The number of pyridine rings is 1. The summed E-state index contributed by atoms with van der Waals surface area (Å²) in [6.07, 6.45) is 4.46. The number of carbonyl (C=O) groups is 1. The summed E-state index contributed by atoms with van der Waals surface area (Å²) in [5, 5.41) is 3.17. The summed E-state index contributed by atoms with van der Waals surface area (Å²) in [6, 6.07) is 11.4. The minimum Gasteiger partial charge on any atom is -0.360 e. The van der Waals surface area contributed by atoms with Gasteiger partial charge in [-0.25, -0.2) is 8.42 Å². The Balaban J connectivity index is 1.65. The molecule has 1 saturated carbocycles. The molecule has 1 amide bonds. The third kappa shape index (κ3) is 4.66. The number of H-pyrrole nitrogens is 1. The van der Waals surface area contributed by atoms with Crippen molar-refractivity contribution in [2.45, 2.75) is 51.0 Å². The Morgan fingerprint density at radius 1 is 1.09 bits per heavy atom. The number of hydrogen-bond acceptors (Lipinski definition) is 4. The van der Waals surface area contributed by atoms with Crippen LogP contribution in [0, 0.1) is 18.8 Å². The van der Waals surface area contributed by atoms with E-state index in [1.807, 2.05) is 19.1 Å². The van der Waals surface area contributed by atoms with Crippen molar-refractivity contribution in [1.82, 2.24) is 10.3 Å². The lowest BCUT2D eigenvalue weighted by Gasteiger charge is -2.34. The van der Waals surface area contributed by atoms with E-state index in [9.17, 15) is 18.0 Å². The fourth-order valence-electron chi connectivity index (χ4n) is 4.46. The molecule has 0 unspecified atom stereocenters. The number of benzene rings is 2. The van der Waals surface area contributed by atoms with Gasteiger partial charge in [-0.15, -0.1) is 0 Å². The van der Waals surface area contributed by atoms with Gasteiger partial charge >= 0.3 is 0 Å². The standard InChI is InChI=1S/C25H29N3O4S/c1-15-8-6-10-22(17(15)3)27-25(30)20-14-26-23-12-11-18(13-19(23)24(20)29)33(31,32)28-21-9-5-4-7-16(21)2/h4-5,7,9,11-15,17,22,28H,6,8,10H2,1-3H3,(H,26,29)(H,27,30)/t15-,17-,22+/m0/s1. The fraction of sp³-hybridized carbons (Fsp3) is 0.360. The third-order valence-corrected chi connectivity index (χ3v) is 8.18.